The van der Waals surface area contributed by atoms with Crippen molar-refractivity contribution in [1.82, 2.24) is 0 Å². The molecular formula is C5H9NO2S. The van der Waals surface area contributed by atoms with Gasteiger partial charge in [0.25, 0.3) is 5.23 Å². The predicted molar refractivity (Wildman–Crippen MR) is 38.6 cm³/mol. The normalized spacial score (nSPS) is 11.2. The van der Waals surface area contributed by atoms with E-state index < -0.39 is 0 Å². The Labute approximate surface area is 58.5 Å². The van der Waals surface area contributed by atoms with Crippen molar-refractivity contribution in [2.75, 3.05) is 13.4 Å². The molecule has 0 aliphatic heterocycles. The van der Waals surface area contributed by atoms with Crippen molar-refractivity contribution in [3.8, 4) is 0 Å². The fourth-order valence-corrected chi connectivity index (χ4v) is 0.690. The topological polar surface area (TPSA) is 38.7 Å². The van der Waals surface area contributed by atoms with Crippen LogP contribution in [0.1, 0.15) is 6.92 Å². The van der Waals surface area contributed by atoms with Gasteiger partial charge in [0.05, 0.1) is 7.11 Å². The van der Waals surface area contributed by atoms with Crippen LogP contribution in [0.5, 0.6) is 0 Å². The minimum absolute atomic E-state index is 0.235. The summed E-state index contributed by atoms with van der Waals surface area (Å²) in [6.45, 7) is 1.38. The smallest absolute Gasteiger partial charge is 0.253 e. The quantitative estimate of drug-likeness (QED) is 0.377. The lowest BCUT2D eigenvalue weighted by molar-refractivity contribution is -0.115. The van der Waals surface area contributed by atoms with E-state index in [4.69, 9.17) is 4.74 Å². The highest BCUT2D eigenvalue weighted by Gasteiger charge is 1.94. The van der Waals surface area contributed by atoms with Gasteiger partial charge in [-0.2, -0.15) is 4.99 Å². The number of nitrogens with zero attached hydrogens (tertiary/aromatic N) is 1. The minimum Gasteiger partial charge on any atom is -0.476 e. The number of hydrogen-bond acceptors (Lipinski definition) is 3. The van der Waals surface area contributed by atoms with E-state index in [2.05, 4.69) is 4.99 Å². The van der Waals surface area contributed by atoms with Crippen LogP contribution in [-0.4, -0.2) is 24.5 Å². The molecule has 0 fully saturated rings. The maximum absolute atomic E-state index is 10.3. The summed E-state index contributed by atoms with van der Waals surface area (Å²) in [5, 5.41) is 0.405. The van der Waals surface area contributed by atoms with Gasteiger partial charge in [0.15, 0.2) is 0 Å². The zero-order valence-electron chi connectivity index (χ0n) is 5.67. The SMILES string of the molecule is COC(=NC(C)=O)SC. The summed E-state index contributed by atoms with van der Waals surface area (Å²) >= 11 is 1.31. The van der Waals surface area contributed by atoms with E-state index in [0.717, 1.165) is 0 Å². The number of ether oxygens (including phenoxy) is 1. The molecule has 4 heteroatoms. The van der Waals surface area contributed by atoms with Crippen molar-refractivity contribution in [3.05, 3.63) is 0 Å². The molecule has 3 nitrogen and oxygen atoms in total. The van der Waals surface area contributed by atoms with E-state index in [1.807, 2.05) is 0 Å². The van der Waals surface area contributed by atoms with Gasteiger partial charge in [0, 0.05) is 6.92 Å². The highest BCUT2D eigenvalue weighted by molar-refractivity contribution is 8.12. The van der Waals surface area contributed by atoms with Crippen LogP contribution in [0.4, 0.5) is 0 Å². The van der Waals surface area contributed by atoms with Crippen molar-refractivity contribution in [2.24, 2.45) is 4.99 Å². The maximum Gasteiger partial charge on any atom is 0.253 e. The first kappa shape index (κ1) is 8.49. The number of methoxy groups -OCH3 is 1. The van der Waals surface area contributed by atoms with Crippen LogP contribution in [0.3, 0.4) is 0 Å². The van der Waals surface area contributed by atoms with Gasteiger partial charge >= 0.3 is 0 Å². The molecule has 0 rings (SSSR count). The van der Waals surface area contributed by atoms with Crippen LogP contribution < -0.4 is 0 Å². The molecule has 0 saturated heterocycles. The monoisotopic (exact) mass is 147 g/mol. The average molecular weight is 147 g/mol. The van der Waals surface area contributed by atoms with Crippen LogP contribution in [0.25, 0.3) is 0 Å². The number of aliphatic imine (C=N–C) groups is 1. The van der Waals surface area contributed by atoms with Gasteiger partial charge in [-0.3, -0.25) is 4.79 Å². The number of carbonyl (C=O) groups excluding carboxylic acids is 1. The summed E-state index contributed by atoms with van der Waals surface area (Å²) in [7, 11) is 1.48. The maximum atomic E-state index is 10.3. The van der Waals surface area contributed by atoms with E-state index in [-0.39, 0.29) is 5.91 Å². The number of amides is 1. The molecule has 0 aliphatic rings. The molecule has 0 aromatic carbocycles. The Kier molecular flexibility index (Phi) is 4.13. The van der Waals surface area contributed by atoms with Crippen molar-refractivity contribution in [2.45, 2.75) is 6.92 Å². The highest BCUT2D eigenvalue weighted by atomic mass is 32.2. The van der Waals surface area contributed by atoms with Crippen molar-refractivity contribution in [3.63, 3.8) is 0 Å². The molecule has 0 bridgehead atoms. The Morgan fingerprint density at radius 2 is 2.22 bits per heavy atom. The predicted octanol–water partition coefficient (Wildman–Crippen LogP) is 0.898. The van der Waals surface area contributed by atoms with Crippen LogP contribution in [0.2, 0.25) is 0 Å². The Balaban J connectivity index is 3.91. The fraction of sp³-hybridized carbons (Fsp3) is 0.600. The molecule has 0 saturated carbocycles. The number of rotatable bonds is 0. The second-order valence-corrected chi connectivity index (χ2v) is 2.06. The molecule has 0 heterocycles. The van der Waals surface area contributed by atoms with Crippen LogP contribution >= 0.6 is 11.8 Å². The summed E-state index contributed by atoms with van der Waals surface area (Å²) in [4.78, 5) is 13.8. The first-order chi connectivity index (χ1) is 4.20. The largest absolute Gasteiger partial charge is 0.476 e. The van der Waals surface area contributed by atoms with Crippen molar-refractivity contribution < 1.29 is 9.53 Å². The van der Waals surface area contributed by atoms with Crippen LogP contribution in [0, 0.1) is 0 Å². The number of carbonyl (C=O) groups is 1. The first-order valence-corrected chi connectivity index (χ1v) is 3.60. The van der Waals surface area contributed by atoms with Crippen LogP contribution in [-0.2, 0) is 9.53 Å². The minimum atomic E-state index is -0.235. The second kappa shape index (κ2) is 4.38. The van der Waals surface area contributed by atoms with E-state index in [9.17, 15) is 4.79 Å². The lowest BCUT2D eigenvalue weighted by Gasteiger charge is -1.95. The highest BCUT2D eigenvalue weighted by Crippen LogP contribution is 1.97. The van der Waals surface area contributed by atoms with Gasteiger partial charge in [-0.15, -0.1) is 0 Å². The summed E-state index contributed by atoms with van der Waals surface area (Å²) in [6.07, 6.45) is 1.80. The van der Waals surface area contributed by atoms with Gasteiger partial charge in [0.2, 0.25) is 5.91 Å². The number of thioether (sulfide) groups is 1. The van der Waals surface area contributed by atoms with Crippen molar-refractivity contribution >= 4 is 22.9 Å². The Morgan fingerprint density at radius 1 is 1.67 bits per heavy atom. The lowest BCUT2D eigenvalue weighted by atomic mass is 10.8. The van der Waals surface area contributed by atoms with E-state index in [1.54, 1.807) is 6.26 Å². The Hall–Kier alpha value is -0.510. The molecule has 0 aliphatic carbocycles. The first-order valence-electron chi connectivity index (χ1n) is 2.38. The third-order valence-electron chi connectivity index (χ3n) is 0.598. The van der Waals surface area contributed by atoms with Gasteiger partial charge in [-0.05, 0) is 6.26 Å². The van der Waals surface area contributed by atoms with Gasteiger partial charge < -0.3 is 4.74 Å². The Bertz CT molecular complexity index is 127. The number of hydrogen-bond donors (Lipinski definition) is 0. The molecule has 0 atom stereocenters. The third-order valence-corrected chi connectivity index (χ3v) is 1.21. The zero-order valence-corrected chi connectivity index (χ0v) is 6.49. The molecule has 9 heavy (non-hydrogen) atoms. The third kappa shape index (κ3) is 4.02. The molecule has 52 valence electrons. The van der Waals surface area contributed by atoms with Gasteiger partial charge in [-0.1, -0.05) is 11.8 Å². The molecule has 0 spiro atoms. The lowest BCUT2D eigenvalue weighted by Crippen LogP contribution is -1.97. The Morgan fingerprint density at radius 3 is 2.33 bits per heavy atom. The van der Waals surface area contributed by atoms with E-state index >= 15 is 0 Å². The molecule has 0 unspecified atom stereocenters. The summed E-state index contributed by atoms with van der Waals surface area (Å²) < 4.78 is 4.70. The molecular weight excluding hydrogens is 138 g/mol. The average Bonchev–Trinajstić information content (AvgIpc) is 1.82. The van der Waals surface area contributed by atoms with Gasteiger partial charge in [-0.25, -0.2) is 0 Å². The fourth-order valence-electron chi connectivity index (χ4n) is 0.303. The molecule has 0 aromatic rings. The molecule has 1 amide bonds. The van der Waals surface area contributed by atoms with E-state index in [1.165, 1.54) is 25.8 Å². The van der Waals surface area contributed by atoms with E-state index in [0.29, 0.717) is 5.23 Å². The summed E-state index contributed by atoms with van der Waals surface area (Å²) in [5.41, 5.74) is 0. The standard InChI is InChI=1S/C5H9NO2S/c1-4(7)6-5(8-2)9-3/h1-3H3. The summed E-state index contributed by atoms with van der Waals surface area (Å²) in [5.74, 6) is -0.235. The second-order valence-electron chi connectivity index (χ2n) is 1.30. The zero-order chi connectivity index (χ0) is 7.28. The molecule has 0 radical (unpaired) electrons. The summed E-state index contributed by atoms with van der Waals surface area (Å²) in [6, 6.07) is 0. The van der Waals surface area contributed by atoms with Gasteiger partial charge in [0.1, 0.15) is 0 Å². The molecule has 0 aromatic heterocycles. The molecule has 0 N–H and O–H groups in total. The van der Waals surface area contributed by atoms with Crippen molar-refractivity contribution in [1.29, 1.82) is 0 Å². The van der Waals surface area contributed by atoms with Crippen LogP contribution in [0.15, 0.2) is 4.99 Å².